The molecule has 0 rings (SSSR count). The summed E-state index contributed by atoms with van der Waals surface area (Å²) in [4.78, 5) is 23.3. The number of amides is 2. The van der Waals surface area contributed by atoms with Gasteiger partial charge in [0.15, 0.2) is 0 Å². The molecule has 0 aromatic rings. The fraction of sp³-hybridized carbons (Fsp3) is 0.867. The molecule has 0 aromatic carbocycles. The van der Waals surface area contributed by atoms with Gasteiger partial charge in [-0.3, -0.25) is 9.59 Å². The average Bonchev–Trinajstić information content (AvgIpc) is 2.46. The zero-order valence-corrected chi connectivity index (χ0v) is 13.8. The zero-order valence-electron chi connectivity index (χ0n) is 13.8. The fourth-order valence-corrected chi connectivity index (χ4v) is 1.62. The molecular formula is C15H31N3O3. The highest BCUT2D eigenvalue weighted by atomic mass is 16.3. The highest BCUT2D eigenvalue weighted by Gasteiger charge is 2.31. The van der Waals surface area contributed by atoms with E-state index in [9.17, 15) is 14.7 Å². The molecule has 0 fully saturated rings. The predicted molar refractivity (Wildman–Crippen MR) is 83.9 cm³/mol. The lowest BCUT2D eigenvalue weighted by Crippen LogP contribution is -2.44. The van der Waals surface area contributed by atoms with Gasteiger partial charge in [-0.25, -0.2) is 0 Å². The third-order valence-corrected chi connectivity index (χ3v) is 3.60. The summed E-state index contributed by atoms with van der Waals surface area (Å²) in [5.41, 5.74) is -0.461. The molecule has 124 valence electrons. The summed E-state index contributed by atoms with van der Waals surface area (Å²) in [6.07, 6.45) is 0.936. The van der Waals surface area contributed by atoms with Crippen molar-refractivity contribution in [3.63, 3.8) is 0 Å². The molecule has 21 heavy (non-hydrogen) atoms. The van der Waals surface area contributed by atoms with Crippen LogP contribution in [-0.2, 0) is 9.59 Å². The van der Waals surface area contributed by atoms with E-state index in [0.717, 1.165) is 19.5 Å². The van der Waals surface area contributed by atoms with Crippen LogP contribution in [0.5, 0.6) is 0 Å². The van der Waals surface area contributed by atoms with E-state index in [-0.39, 0.29) is 18.9 Å². The Balaban J connectivity index is 3.78. The van der Waals surface area contributed by atoms with Gasteiger partial charge in [0.05, 0.1) is 0 Å². The van der Waals surface area contributed by atoms with Crippen molar-refractivity contribution in [1.82, 2.24) is 16.0 Å². The van der Waals surface area contributed by atoms with Crippen LogP contribution in [0, 0.1) is 5.41 Å². The number of carbonyl (C=O) groups excluding carboxylic acids is 2. The van der Waals surface area contributed by atoms with Crippen LogP contribution in [0.3, 0.4) is 0 Å². The van der Waals surface area contributed by atoms with E-state index in [2.05, 4.69) is 22.9 Å². The Labute approximate surface area is 128 Å². The average molecular weight is 301 g/mol. The first-order valence-electron chi connectivity index (χ1n) is 7.78. The molecule has 0 heterocycles. The van der Waals surface area contributed by atoms with Crippen LogP contribution in [0.1, 0.15) is 47.0 Å². The molecule has 4 N–H and O–H groups in total. The summed E-state index contributed by atoms with van der Waals surface area (Å²) in [6, 6.07) is 0. The topological polar surface area (TPSA) is 90.5 Å². The first kappa shape index (κ1) is 19.9. The van der Waals surface area contributed by atoms with Gasteiger partial charge in [-0.05, 0) is 24.8 Å². The van der Waals surface area contributed by atoms with E-state index >= 15 is 0 Å². The predicted octanol–water partition coefficient (Wildman–Crippen LogP) is 0.406. The summed E-state index contributed by atoms with van der Waals surface area (Å²) in [5, 5.41) is 18.5. The Bertz CT molecular complexity index is 319. The molecule has 1 unspecified atom stereocenters. The molecular weight excluding hydrogens is 270 g/mol. The molecule has 0 saturated heterocycles. The maximum absolute atomic E-state index is 11.8. The third-order valence-electron chi connectivity index (χ3n) is 3.60. The number of nitrogens with one attached hydrogen (secondary N) is 3. The van der Waals surface area contributed by atoms with Crippen LogP contribution in [-0.4, -0.2) is 49.2 Å². The minimum atomic E-state index is -1.05. The van der Waals surface area contributed by atoms with Gasteiger partial charge < -0.3 is 21.1 Å². The van der Waals surface area contributed by atoms with Gasteiger partial charge in [-0.1, -0.05) is 27.7 Å². The van der Waals surface area contributed by atoms with E-state index in [1.165, 1.54) is 0 Å². The first-order chi connectivity index (χ1) is 9.85. The van der Waals surface area contributed by atoms with Crippen LogP contribution >= 0.6 is 0 Å². The van der Waals surface area contributed by atoms with Crippen molar-refractivity contribution >= 4 is 11.8 Å². The Hall–Kier alpha value is -1.14. The highest BCUT2D eigenvalue weighted by Crippen LogP contribution is 2.24. The van der Waals surface area contributed by atoms with Crippen LogP contribution in [0.4, 0.5) is 0 Å². The van der Waals surface area contributed by atoms with E-state index in [4.69, 9.17) is 0 Å². The van der Waals surface area contributed by atoms with Crippen molar-refractivity contribution in [1.29, 1.82) is 0 Å². The number of aliphatic hydroxyl groups excluding tert-OH is 1. The summed E-state index contributed by atoms with van der Waals surface area (Å²) in [5.74, 6) is -0.517. The van der Waals surface area contributed by atoms with Gasteiger partial charge in [-0.2, -0.15) is 0 Å². The Morgan fingerprint density at radius 1 is 1.05 bits per heavy atom. The molecule has 0 bridgehead atoms. The molecule has 0 aromatic heterocycles. The standard InChI is InChI=1S/C15H31N3O3/c1-5-8-16-10-11-17-12(19)7-9-18-14(21)13(20)15(3,4)6-2/h13,16,20H,5-11H2,1-4H3,(H,17,19)(H,18,21). The zero-order chi connectivity index (χ0) is 16.3. The number of carbonyl (C=O) groups is 2. The maximum atomic E-state index is 11.8. The monoisotopic (exact) mass is 301 g/mol. The van der Waals surface area contributed by atoms with Crippen LogP contribution in [0.15, 0.2) is 0 Å². The Morgan fingerprint density at radius 3 is 2.29 bits per heavy atom. The van der Waals surface area contributed by atoms with E-state index in [1.807, 2.05) is 20.8 Å². The lowest BCUT2D eigenvalue weighted by Gasteiger charge is -2.28. The fourth-order valence-electron chi connectivity index (χ4n) is 1.62. The van der Waals surface area contributed by atoms with Gasteiger partial charge in [0, 0.05) is 26.1 Å². The molecule has 1 atom stereocenters. The van der Waals surface area contributed by atoms with Gasteiger partial charge in [-0.15, -0.1) is 0 Å². The number of hydrogen-bond donors (Lipinski definition) is 4. The number of rotatable bonds is 11. The second kappa shape index (κ2) is 10.6. The maximum Gasteiger partial charge on any atom is 0.249 e. The molecule has 0 aliphatic carbocycles. The van der Waals surface area contributed by atoms with Gasteiger partial charge >= 0.3 is 0 Å². The van der Waals surface area contributed by atoms with Crippen molar-refractivity contribution in [3.8, 4) is 0 Å². The van der Waals surface area contributed by atoms with Crippen molar-refractivity contribution in [3.05, 3.63) is 0 Å². The van der Waals surface area contributed by atoms with Gasteiger partial charge in [0.1, 0.15) is 6.10 Å². The lowest BCUT2D eigenvalue weighted by molar-refractivity contribution is -0.135. The molecule has 0 radical (unpaired) electrons. The smallest absolute Gasteiger partial charge is 0.249 e. The SMILES string of the molecule is CCCNCCNC(=O)CCNC(=O)C(O)C(C)(C)CC. The molecule has 6 heteroatoms. The first-order valence-corrected chi connectivity index (χ1v) is 7.78. The molecule has 0 aliphatic heterocycles. The van der Waals surface area contributed by atoms with E-state index in [1.54, 1.807) is 0 Å². The van der Waals surface area contributed by atoms with E-state index in [0.29, 0.717) is 13.0 Å². The number of hydrogen-bond acceptors (Lipinski definition) is 4. The van der Waals surface area contributed by atoms with Gasteiger partial charge in [0.2, 0.25) is 11.8 Å². The lowest BCUT2D eigenvalue weighted by atomic mass is 9.83. The molecule has 0 spiro atoms. The Kier molecular flexibility index (Phi) is 9.99. The van der Waals surface area contributed by atoms with E-state index < -0.39 is 17.4 Å². The quantitative estimate of drug-likeness (QED) is 0.416. The summed E-state index contributed by atoms with van der Waals surface area (Å²) in [6.45, 7) is 10.2. The molecule has 0 aliphatic rings. The molecule has 6 nitrogen and oxygen atoms in total. The van der Waals surface area contributed by atoms with Gasteiger partial charge in [0.25, 0.3) is 0 Å². The Morgan fingerprint density at radius 2 is 1.71 bits per heavy atom. The van der Waals surface area contributed by atoms with Crippen LogP contribution in [0.2, 0.25) is 0 Å². The second-order valence-corrected chi connectivity index (χ2v) is 5.89. The second-order valence-electron chi connectivity index (χ2n) is 5.89. The largest absolute Gasteiger partial charge is 0.383 e. The molecule has 2 amide bonds. The summed E-state index contributed by atoms with van der Waals surface area (Å²) in [7, 11) is 0. The third kappa shape index (κ3) is 8.67. The van der Waals surface area contributed by atoms with Crippen LogP contribution < -0.4 is 16.0 Å². The highest BCUT2D eigenvalue weighted by molar-refractivity contribution is 5.82. The van der Waals surface area contributed by atoms with Crippen molar-refractivity contribution in [2.75, 3.05) is 26.2 Å². The summed E-state index contributed by atoms with van der Waals surface area (Å²) < 4.78 is 0. The van der Waals surface area contributed by atoms with Crippen molar-refractivity contribution in [2.45, 2.75) is 53.1 Å². The number of aliphatic hydroxyl groups is 1. The van der Waals surface area contributed by atoms with Crippen molar-refractivity contribution < 1.29 is 14.7 Å². The van der Waals surface area contributed by atoms with Crippen molar-refractivity contribution in [2.24, 2.45) is 5.41 Å². The minimum absolute atomic E-state index is 0.0992. The van der Waals surface area contributed by atoms with Crippen LogP contribution in [0.25, 0.3) is 0 Å². The minimum Gasteiger partial charge on any atom is -0.383 e. The molecule has 0 saturated carbocycles. The normalized spacial score (nSPS) is 12.8. The summed E-state index contributed by atoms with van der Waals surface area (Å²) >= 11 is 0.